The lowest BCUT2D eigenvalue weighted by Gasteiger charge is -2.17. The first-order valence-corrected chi connectivity index (χ1v) is 10.3. The Morgan fingerprint density at radius 1 is 0.897 bits per heavy atom. The van der Waals surface area contributed by atoms with Gasteiger partial charge in [-0.1, -0.05) is 54.2 Å². The van der Waals surface area contributed by atoms with Gasteiger partial charge in [-0.3, -0.25) is 14.5 Å². The van der Waals surface area contributed by atoms with E-state index >= 15 is 0 Å². The summed E-state index contributed by atoms with van der Waals surface area (Å²) in [7, 11) is 0. The van der Waals surface area contributed by atoms with Crippen LogP contribution in [0.2, 0.25) is 0 Å². The molecule has 2 amide bonds. The standard InChI is InChI=1S/C21H17N5O2S/c27-19-16-8-4-5-9-17(16)20(28)25(19)11-10-15-13-29-21-23-22-18(26(21)24-15)12-14-6-2-1-3-7-14/h1-9H,10-13H2. The van der Waals surface area contributed by atoms with Crippen molar-refractivity contribution in [2.24, 2.45) is 5.10 Å². The monoisotopic (exact) mass is 403 g/mol. The highest BCUT2D eigenvalue weighted by atomic mass is 32.2. The van der Waals surface area contributed by atoms with E-state index in [9.17, 15) is 9.59 Å². The molecule has 0 spiro atoms. The van der Waals surface area contributed by atoms with E-state index < -0.39 is 0 Å². The molecule has 0 saturated heterocycles. The fourth-order valence-electron chi connectivity index (χ4n) is 3.50. The number of amides is 2. The predicted octanol–water partition coefficient (Wildman–Crippen LogP) is 2.87. The van der Waals surface area contributed by atoms with Crippen molar-refractivity contribution < 1.29 is 9.59 Å². The molecule has 3 heterocycles. The Labute approximate surface area is 171 Å². The molecule has 0 N–H and O–H groups in total. The largest absolute Gasteiger partial charge is 0.274 e. The highest BCUT2D eigenvalue weighted by Crippen LogP contribution is 2.26. The average molecular weight is 403 g/mol. The number of imide groups is 1. The molecule has 0 aliphatic carbocycles. The number of hydrogen-bond acceptors (Lipinski definition) is 6. The van der Waals surface area contributed by atoms with E-state index in [4.69, 9.17) is 5.10 Å². The van der Waals surface area contributed by atoms with Gasteiger partial charge in [-0.05, 0) is 17.7 Å². The molecule has 0 fully saturated rings. The van der Waals surface area contributed by atoms with Gasteiger partial charge in [-0.15, -0.1) is 10.2 Å². The quantitative estimate of drug-likeness (QED) is 0.612. The molecule has 2 aromatic carbocycles. The Kier molecular flexibility index (Phi) is 4.48. The van der Waals surface area contributed by atoms with Gasteiger partial charge in [0, 0.05) is 25.1 Å². The molecular weight excluding hydrogens is 386 g/mol. The number of benzene rings is 2. The molecule has 2 aliphatic rings. The lowest BCUT2D eigenvalue weighted by Crippen LogP contribution is -2.32. The van der Waals surface area contributed by atoms with Crippen LogP contribution in [0.3, 0.4) is 0 Å². The van der Waals surface area contributed by atoms with Gasteiger partial charge < -0.3 is 0 Å². The van der Waals surface area contributed by atoms with E-state index in [0.717, 1.165) is 22.3 Å². The van der Waals surface area contributed by atoms with Crippen molar-refractivity contribution in [3.8, 4) is 0 Å². The number of aromatic nitrogens is 3. The number of rotatable bonds is 5. The topological polar surface area (TPSA) is 80.5 Å². The third-order valence-electron chi connectivity index (χ3n) is 4.99. The Bertz CT molecular complexity index is 1100. The van der Waals surface area contributed by atoms with Crippen molar-refractivity contribution >= 4 is 29.3 Å². The van der Waals surface area contributed by atoms with Crippen LogP contribution in [-0.2, 0) is 6.42 Å². The molecule has 2 aliphatic heterocycles. The fraction of sp³-hybridized carbons (Fsp3) is 0.190. The number of carbonyl (C=O) groups excluding carboxylic acids is 2. The average Bonchev–Trinajstić information content (AvgIpc) is 3.26. The van der Waals surface area contributed by atoms with E-state index in [0.29, 0.717) is 36.3 Å². The third kappa shape index (κ3) is 3.25. The van der Waals surface area contributed by atoms with E-state index in [1.54, 1.807) is 40.7 Å². The maximum atomic E-state index is 12.5. The second-order valence-corrected chi connectivity index (χ2v) is 7.83. The lowest BCUT2D eigenvalue weighted by atomic mass is 10.1. The number of hydrogen-bond donors (Lipinski definition) is 0. The summed E-state index contributed by atoms with van der Waals surface area (Å²) < 4.78 is 1.78. The van der Waals surface area contributed by atoms with Crippen molar-refractivity contribution in [2.75, 3.05) is 12.3 Å². The molecule has 29 heavy (non-hydrogen) atoms. The van der Waals surface area contributed by atoms with E-state index in [1.165, 1.54) is 4.90 Å². The fourth-order valence-corrected chi connectivity index (χ4v) is 4.36. The smallest absolute Gasteiger partial charge is 0.261 e. The molecule has 0 saturated carbocycles. The molecule has 8 heteroatoms. The van der Waals surface area contributed by atoms with E-state index in [-0.39, 0.29) is 11.8 Å². The highest BCUT2D eigenvalue weighted by Gasteiger charge is 2.35. The van der Waals surface area contributed by atoms with Crippen molar-refractivity contribution in [3.05, 3.63) is 77.1 Å². The summed E-state index contributed by atoms with van der Waals surface area (Å²) in [5.41, 5.74) is 3.00. The van der Waals surface area contributed by atoms with Crippen LogP contribution in [0, 0.1) is 0 Å². The van der Waals surface area contributed by atoms with Gasteiger partial charge in [-0.2, -0.15) is 9.78 Å². The molecule has 0 bridgehead atoms. The first kappa shape index (κ1) is 17.8. The number of nitrogens with zero attached hydrogens (tertiary/aromatic N) is 5. The van der Waals surface area contributed by atoms with E-state index in [1.807, 2.05) is 30.3 Å². The summed E-state index contributed by atoms with van der Waals surface area (Å²) in [6.07, 6.45) is 1.17. The summed E-state index contributed by atoms with van der Waals surface area (Å²) in [5, 5.41) is 14.0. The van der Waals surface area contributed by atoms with E-state index in [2.05, 4.69) is 10.2 Å². The molecule has 0 atom stereocenters. The Morgan fingerprint density at radius 2 is 1.59 bits per heavy atom. The number of carbonyl (C=O) groups is 2. The summed E-state index contributed by atoms with van der Waals surface area (Å²) >= 11 is 1.57. The minimum atomic E-state index is -0.232. The SMILES string of the molecule is O=C1c2ccccc2C(=O)N1CCC1=Nn2c(Cc3ccccc3)nnc2SC1. The highest BCUT2D eigenvalue weighted by molar-refractivity contribution is 7.99. The van der Waals surface area contributed by atoms with Crippen LogP contribution < -0.4 is 0 Å². The molecule has 144 valence electrons. The Hall–Kier alpha value is -3.26. The van der Waals surface area contributed by atoms with Crippen LogP contribution in [0.4, 0.5) is 0 Å². The van der Waals surface area contributed by atoms with Crippen LogP contribution in [0.25, 0.3) is 0 Å². The normalized spacial score (nSPS) is 15.3. The third-order valence-corrected chi connectivity index (χ3v) is 5.98. The molecule has 0 unspecified atom stereocenters. The van der Waals surface area contributed by atoms with Gasteiger partial charge in [0.05, 0.1) is 16.8 Å². The van der Waals surface area contributed by atoms with Gasteiger partial charge in [0.25, 0.3) is 11.8 Å². The molecule has 0 radical (unpaired) electrons. The second-order valence-electron chi connectivity index (χ2n) is 6.89. The van der Waals surface area contributed by atoms with Crippen LogP contribution in [0.1, 0.15) is 38.5 Å². The summed E-state index contributed by atoms with van der Waals surface area (Å²) in [4.78, 5) is 26.4. The number of thioether (sulfide) groups is 1. The van der Waals surface area contributed by atoms with Crippen LogP contribution in [-0.4, -0.2) is 49.6 Å². The predicted molar refractivity (Wildman–Crippen MR) is 109 cm³/mol. The first-order valence-electron chi connectivity index (χ1n) is 9.33. The maximum absolute atomic E-state index is 12.5. The van der Waals surface area contributed by atoms with Crippen molar-refractivity contribution in [2.45, 2.75) is 18.0 Å². The number of fused-ring (bicyclic) bond motifs is 2. The van der Waals surface area contributed by atoms with Gasteiger partial charge >= 0.3 is 0 Å². The molecular formula is C21H17N5O2S. The zero-order valence-electron chi connectivity index (χ0n) is 15.5. The van der Waals surface area contributed by atoms with Crippen LogP contribution in [0.5, 0.6) is 0 Å². The minimum Gasteiger partial charge on any atom is -0.274 e. The van der Waals surface area contributed by atoms with Crippen LogP contribution in [0.15, 0.2) is 64.9 Å². The Balaban J connectivity index is 1.32. The zero-order valence-corrected chi connectivity index (χ0v) is 16.3. The first-order chi connectivity index (χ1) is 14.2. The van der Waals surface area contributed by atoms with Crippen LogP contribution >= 0.6 is 11.8 Å². The van der Waals surface area contributed by atoms with Crippen molar-refractivity contribution in [1.29, 1.82) is 0 Å². The van der Waals surface area contributed by atoms with Gasteiger partial charge in [0.2, 0.25) is 5.16 Å². The molecule has 1 aromatic heterocycles. The molecule has 7 nitrogen and oxygen atoms in total. The summed E-state index contributed by atoms with van der Waals surface area (Å²) in [6, 6.07) is 17.0. The summed E-state index contributed by atoms with van der Waals surface area (Å²) in [6.45, 7) is 0.317. The lowest BCUT2D eigenvalue weighted by molar-refractivity contribution is 0.0658. The van der Waals surface area contributed by atoms with Gasteiger partial charge in [-0.25, -0.2) is 0 Å². The second kappa shape index (κ2) is 7.29. The summed E-state index contributed by atoms with van der Waals surface area (Å²) in [5.74, 6) is 0.984. The van der Waals surface area contributed by atoms with Crippen molar-refractivity contribution in [3.63, 3.8) is 0 Å². The zero-order chi connectivity index (χ0) is 19.8. The molecule has 5 rings (SSSR count). The van der Waals surface area contributed by atoms with Crippen molar-refractivity contribution in [1.82, 2.24) is 19.8 Å². The van der Waals surface area contributed by atoms with Gasteiger partial charge in [0.1, 0.15) is 0 Å². The minimum absolute atomic E-state index is 0.232. The molecule has 3 aromatic rings. The Morgan fingerprint density at radius 3 is 2.31 bits per heavy atom. The maximum Gasteiger partial charge on any atom is 0.261 e. The van der Waals surface area contributed by atoms with Gasteiger partial charge in [0.15, 0.2) is 5.82 Å².